The molecule has 1 fully saturated rings. The smallest absolute Gasteiger partial charge is 0.287 e. The largest absolute Gasteiger partial charge is 0.451 e. The predicted octanol–water partition coefficient (Wildman–Crippen LogP) is 4.27. The molecule has 134 valence electrons. The standard InChI is InChI=1S/C22H24N2O2/c1-16-19-6-2-3-7-20(19)26-21(16)22(25)23-14-17-8-10-18(11-9-17)15-24-12-4-5-13-24/h2-3,6-11H,4-5,12-15H2,1H3,(H,23,25). The third-order valence-corrected chi connectivity index (χ3v) is 5.13. The molecule has 1 aliphatic heterocycles. The van der Waals surface area contributed by atoms with E-state index in [9.17, 15) is 4.79 Å². The van der Waals surface area contributed by atoms with E-state index >= 15 is 0 Å². The van der Waals surface area contributed by atoms with E-state index in [1.54, 1.807) is 0 Å². The molecule has 0 saturated carbocycles. The van der Waals surface area contributed by atoms with Gasteiger partial charge in [0.1, 0.15) is 5.58 Å². The van der Waals surface area contributed by atoms with E-state index in [1.807, 2.05) is 31.2 Å². The first-order valence-corrected chi connectivity index (χ1v) is 9.27. The molecular weight excluding hydrogens is 324 g/mol. The lowest BCUT2D eigenvalue weighted by molar-refractivity contribution is 0.0924. The highest BCUT2D eigenvalue weighted by atomic mass is 16.3. The van der Waals surface area contributed by atoms with Crippen molar-refractivity contribution in [2.45, 2.75) is 32.9 Å². The van der Waals surface area contributed by atoms with Crippen LogP contribution in [0.2, 0.25) is 0 Å². The zero-order valence-electron chi connectivity index (χ0n) is 15.1. The van der Waals surface area contributed by atoms with Gasteiger partial charge in [-0.25, -0.2) is 0 Å². The average Bonchev–Trinajstić information content (AvgIpc) is 3.29. The topological polar surface area (TPSA) is 45.5 Å². The number of aryl methyl sites for hydroxylation is 1. The SMILES string of the molecule is Cc1c(C(=O)NCc2ccc(CN3CCCC3)cc2)oc2ccccc12. The zero-order valence-corrected chi connectivity index (χ0v) is 15.1. The molecule has 1 amide bonds. The molecule has 4 heteroatoms. The van der Waals surface area contributed by atoms with Crippen LogP contribution in [0.5, 0.6) is 0 Å². The van der Waals surface area contributed by atoms with E-state index in [1.165, 1.54) is 31.5 Å². The minimum atomic E-state index is -0.167. The molecule has 3 aromatic rings. The van der Waals surface area contributed by atoms with Gasteiger partial charge in [-0.15, -0.1) is 0 Å². The van der Waals surface area contributed by atoms with Gasteiger partial charge < -0.3 is 9.73 Å². The highest BCUT2D eigenvalue weighted by molar-refractivity contribution is 5.98. The summed E-state index contributed by atoms with van der Waals surface area (Å²) in [6.07, 6.45) is 2.62. The number of carbonyl (C=O) groups excluding carboxylic acids is 1. The van der Waals surface area contributed by atoms with Crippen molar-refractivity contribution < 1.29 is 9.21 Å². The van der Waals surface area contributed by atoms with Crippen molar-refractivity contribution in [3.63, 3.8) is 0 Å². The molecule has 1 saturated heterocycles. The van der Waals surface area contributed by atoms with Crippen molar-refractivity contribution in [3.8, 4) is 0 Å². The van der Waals surface area contributed by atoms with Crippen molar-refractivity contribution in [2.24, 2.45) is 0 Å². The number of benzene rings is 2. The molecule has 1 N–H and O–H groups in total. The second kappa shape index (κ2) is 7.34. The molecule has 0 atom stereocenters. The van der Waals surface area contributed by atoms with Crippen LogP contribution < -0.4 is 5.32 Å². The monoisotopic (exact) mass is 348 g/mol. The minimum absolute atomic E-state index is 0.167. The Morgan fingerprint density at radius 1 is 1.04 bits per heavy atom. The van der Waals surface area contributed by atoms with Crippen LogP contribution in [0.25, 0.3) is 11.0 Å². The van der Waals surface area contributed by atoms with Crippen LogP contribution in [-0.4, -0.2) is 23.9 Å². The Labute approximate surface area is 153 Å². The van der Waals surface area contributed by atoms with E-state index < -0.39 is 0 Å². The van der Waals surface area contributed by atoms with Gasteiger partial charge in [0.2, 0.25) is 0 Å². The molecule has 0 unspecified atom stereocenters. The maximum absolute atomic E-state index is 12.5. The molecule has 0 radical (unpaired) electrons. The number of carbonyl (C=O) groups is 1. The Bertz CT molecular complexity index is 906. The Hall–Kier alpha value is -2.59. The van der Waals surface area contributed by atoms with E-state index in [2.05, 4.69) is 34.5 Å². The normalized spacial score (nSPS) is 14.8. The number of para-hydroxylation sites is 1. The predicted molar refractivity (Wildman–Crippen MR) is 103 cm³/mol. The third kappa shape index (κ3) is 3.51. The number of nitrogens with one attached hydrogen (secondary N) is 1. The average molecular weight is 348 g/mol. The van der Waals surface area contributed by atoms with Gasteiger partial charge in [0, 0.05) is 24.0 Å². The number of amides is 1. The molecule has 2 aromatic carbocycles. The highest BCUT2D eigenvalue weighted by Gasteiger charge is 2.17. The Kier molecular flexibility index (Phi) is 4.76. The summed E-state index contributed by atoms with van der Waals surface area (Å²) in [7, 11) is 0. The summed E-state index contributed by atoms with van der Waals surface area (Å²) in [6.45, 7) is 5.85. The molecule has 0 bridgehead atoms. The molecular formula is C22H24N2O2. The van der Waals surface area contributed by atoms with Crippen molar-refractivity contribution in [3.05, 3.63) is 71.0 Å². The molecule has 0 spiro atoms. The molecule has 26 heavy (non-hydrogen) atoms. The molecule has 1 aliphatic rings. The van der Waals surface area contributed by atoms with E-state index in [4.69, 9.17) is 4.42 Å². The van der Waals surface area contributed by atoms with Gasteiger partial charge in [-0.2, -0.15) is 0 Å². The summed E-state index contributed by atoms with van der Waals surface area (Å²) in [5, 5.41) is 3.96. The first-order valence-electron chi connectivity index (χ1n) is 9.27. The highest BCUT2D eigenvalue weighted by Crippen LogP contribution is 2.24. The number of fused-ring (bicyclic) bond motifs is 1. The Balaban J connectivity index is 1.38. The number of nitrogens with zero attached hydrogens (tertiary/aromatic N) is 1. The summed E-state index contributed by atoms with van der Waals surface area (Å²) >= 11 is 0. The summed E-state index contributed by atoms with van der Waals surface area (Å²) in [5.41, 5.74) is 4.06. The van der Waals surface area contributed by atoms with Gasteiger partial charge in [-0.1, -0.05) is 42.5 Å². The first kappa shape index (κ1) is 16.9. The van der Waals surface area contributed by atoms with Crippen LogP contribution in [0, 0.1) is 6.92 Å². The van der Waals surface area contributed by atoms with Crippen molar-refractivity contribution in [1.29, 1.82) is 0 Å². The number of likely N-dealkylation sites (tertiary alicyclic amines) is 1. The lowest BCUT2D eigenvalue weighted by Gasteiger charge is -2.14. The molecule has 2 heterocycles. The van der Waals surface area contributed by atoms with E-state index in [0.717, 1.165) is 28.6 Å². The fourth-order valence-corrected chi connectivity index (χ4v) is 3.61. The van der Waals surface area contributed by atoms with Crippen molar-refractivity contribution in [2.75, 3.05) is 13.1 Å². The number of furan rings is 1. The van der Waals surface area contributed by atoms with Crippen molar-refractivity contribution in [1.82, 2.24) is 10.2 Å². The summed E-state index contributed by atoms with van der Waals surface area (Å²) in [4.78, 5) is 15.0. The lowest BCUT2D eigenvalue weighted by Crippen LogP contribution is -2.23. The maximum atomic E-state index is 12.5. The lowest BCUT2D eigenvalue weighted by atomic mass is 10.1. The molecule has 4 nitrogen and oxygen atoms in total. The van der Waals surface area contributed by atoms with Crippen LogP contribution >= 0.6 is 0 Å². The second-order valence-corrected chi connectivity index (χ2v) is 7.03. The molecule has 4 rings (SSSR count). The van der Waals surface area contributed by atoms with Gasteiger partial charge in [-0.05, 0) is 50.0 Å². The zero-order chi connectivity index (χ0) is 17.9. The van der Waals surface area contributed by atoms with Gasteiger partial charge in [-0.3, -0.25) is 9.69 Å². The van der Waals surface area contributed by atoms with Gasteiger partial charge in [0.05, 0.1) is 0 Å². The van der Waals surface area contributed by atoms with E-state index in [0.29, 0.717) is 12.3 Å². The van der Waals surface area contributed by atoms with Gasteiger partial charge in [0.25, 0.3) is 5.91 Å². The Morgan fingerprint density at radius 2 is 1.73 bits per heavy atom. The quantitative estimate of drug-likeness (QED) is 0.749. The second-order valence-electron chi connectivity index (χ2n) is 7.03. The van der Waals surface area contributed by atoms with Crippen LogP contribution in [0.4, 0.5) is 0 Å². The molecule has 1 aromatic heterocycles. The number of rotatable bonds is 5. The third-order valence-electron chi connectivity index (χ3n) is 5.13. The van der Waals surface area contributed by atoms with E-state index in [-0.39, 0.29) is 5.91 Å². The van der Waals surface area contributed by atoms with Gasteiger partial charge >= 0.3 is 0 Å². The van der Waals surface area contributed by atoms with Crippen LogP contribution in [0.3, 0.4) is 0 Å². The van der Waals surface area contributed by atoms with Crippen LogP contribution in [-0.2, 0) is 13.1 Å². The fraction of sp³-hybridized carbons (Fsp3) is 0.318. The summed E-state index contributed by atoms with van der Waals surface area (Å²) in [6, 6.07) is 16.2. The maximum Gasteiger partial charge on any atom is 0.287 e. The fourth-order valence-electron chi connectivity index (χ4n) is 3.61. The Morgan fingerprint density at radius 3 is 2.46 bits per heavy atom. The number of hydrogen-bond donors (Lipinski definition) is 1. The van der Waals surface area contributed by atoms with Crippen LogP contribution in [0.1, 0.15) is 40.1 Å². The summed E-state index contributed by atoms with van der Waals surface area (Å²) in [5.74, 6) is 0.233. The minimum Gasteiger partial charge on any atom is -0.451 e. The van der Waals surface area contributed by atoms with Crippen LogP contribution in [0.15, 0.2) is 52.9 Å². The molecule has 0 aliphatic carbocycles. The van der Waals surface area contributed by atoms with Crippen molar-refractivity contribution >= 4 is 16.9 Å². The van der Waals surface area contributed by atoms with Gasteiger partial charge in [0.15, 0.2) is 5.76 Å². The first-order chi connectivity index (χ1) is 12.7. The summed E-state index contributed by atoms with van der Waals surface area (Å²) < 4.78 is 5.72. The number of hydrogen-bond acceptors (Lipinski definition) is 3.